The van der Waals surface area contributed by atoms with E-state index in [1.807, 2.05) is 0 Å². The van der Waals surface area contributed by atoms with Crippen LogP contribution in [0.2, 0.25) is 0 Å². The van der Waals surface area contributed by atoms with Gasteiger partial charge in [0.25, 0.3) is 0 Å². The van der Waals surface area contributed by atoms with Crippen LogP contribution in [0.15, 0.2) is 199 Å². The van der Waals surface area contributed by atoms with Crippen LogP contribution in [-0.4, -0.2) is 9.55 Å². The molecule has 0 fully saturated rings. The Labute approximate surface area is 332 Å². The summed E-state index contributed by atoms with van der Waals surface area (Å²) in [6, 6.07) is 69.6. The average molecular weight is 745 g/mol. The highest BCUT2D eigenvalue weighted by Gasteiger charge is 2.21. The third kappa shape index (κ3) is 5.08. The minimum atomic E-state index is 0.617. The summed E-state index contributed by atoms with van der Waals surface area (Å²) in [7, 11) is 0. The van der Waals surface area contributed by atoms with Crippen molar-refractivity contribution in [3.05, 3.63) is 194 Å². The van der Waals surface area contributed by atoms with Gasteiger partial charge in [-0.25, -0.2) is 4.98 Å². The molecule has 0 bridgehead atoms. The largest absolute Gasteiger partial charge is 0.435 e. The lowest BCUT2D eigenvalue weighted by atomic mass is 9.97. The molecule has 0 saturated heterocycles. The molecule has 3 heterocycles. The van der Waals surface area contributed by atoms with Crippen LogP contribution in [0, 0.1) is 0 Å². The lowest BCUT2D eigenvalue weighted by molar-refractivity contribution is 0.623. The molecular weight excluding hydrogens is 713 g/mol. The van der Waals surface area contributed by atoms with Gasteiger partial charge in [-0.05, 0) is 93.2 Å². The summed E-state index contributed by atoms with van der Waals surface area (Å²) in [5, 5.41) is 7.36. The van der Waals surface area contributed by atoms with Gasteiger partial charge in [0.1, 0.15) is 5.52 Å². The SMILES string of the molecule is c1ccc(-c2cccc(-c3cc4sc5ccccc5c4c4oc(-c5ccc(-c6ccc7c8c9ccccc9ccc8n(-c8ccccc8)c7c6)cc5)nc34)c2)cc1. The third-order valence-corrected chi connectivity index (χ3v) is 12.5. The first-order valence-electron chi connectivity index (χ1n) is 19.3. The highest BCUT2D eigenvalue weighted by Crippen LogP contribution is 2.45. The molecule has 12 rings (SSSR count). The van der Waals surface area contributed by atoms with Gasteiger partial charge in [0.05, 0.1) is 11.0 Å². The summed E-state index contributed by atoms with van der Waals surface area (Å²) < 4.78 is 11.7. The predicted molar refractivity (Wildman–Crippen MR) is 240 cm³/mol. The van der Waals surface area contributed by atoms with E-state index in [4.69, 9.17) is 9.40 Å². The van der Waals surface area contributed by atoms with E-state index >= 15 is 0 Å². The maximum atomic E-state index is 6.84. The molecule has 0 aliphatic carbocycles. The highest BCUT2D eigenvalue weighted by molar-refractivity contribution is 7.26. The predicted octanol–water partition coefficient (Wildman–Crippen LogP) is 15.1. The van der Waals surface area contributed by atoms with Gasteiger partial charge in [-0.3, -0.25) is 0 Å². The molecule has 0 atom stereocenters. The molecule has 0 aliphatic rings. The number of benzene rings is 9. The Bertz CT molecular complexity index is 3500. The van der Waals surface area contributed by atoms with E-state index in [0.717, 1.165) is 50.0 Å². The molecule has 3 nitrogen and oxygen atoms in total. The standard InChI is InChI=1S/C53H32N2OS/c1-3-12-33(13-4-1)37-15-11-16-39(30-37)44-32-48-50(43-20-9-10-21-47(43)57-48)52-51(44)54-53(56-52)36-24-22-34(23-25-36)38-26-28-42-46(31-38)55(40-17-5-2-6-18-40)45-29-27-35-14-7-8-19-41(35)49(42)45/h1-32H. The number of aromatic nitrogens is 2. The van der Waals surface area contributed by atoms with Gasteiger partial charge in [-0.15, -0.1) is 11.3 Å². The lowest BCUT2D eigenvalue weighted by Gasteiger charge is -2.09. The lowest BCUT2D eigenvalue weighted by Crippen LogP contribution is -1.93. The smallest absolute Gasteiger partial charge is 0.227 e. The van der Waals surface area contributed by atoms with E-state index < -0.39 is 0 Å². The Morgan fingerprint density at radius 2 is 1.09 bits per heavy atom. The van der Waals surface area contributed by atoms with Gasteiger partial charge in [-0.1, -0.05) is 140 Å². The summed E-state index contributed by atoms with van der Waals surface area (Å²) in [5.41, 5.74) is 13.0. The summed E-state index contributed by atoms with van der Waals surface area (Å²) in [6.07, 6.45) is 0. The zero-order valence-corrected chi connectivity index (χ0v) is 31.5. The zero-order valence-electron chi connectivity index (χ0n) is 30.7. The van der Waals surface area contributed by atoms with Crippen molar-refractivity contribution in [2.24, 2.45) is 0 Å². The molecule has 12 aromatic rings. The van der Waals surface area contributed by atoms with Crippen LogP contribution in [0.4, 0.5) is 0 Å². The van der Waals surface area contributed by atoms with Crippen molar-refractivity contribution < 1.29 is 4.42 Å². The van der Waals surface area contributed by atoms with E-state index in [1.54, 1.807) is 11.3 Å². The maximum absolute atomic E-state index is 6.84. The van der Waals surface area contributed by atoms with Crippen molar-refractivity contribution in [2.45, 2.75) is 0 Å². The number of nitrogens with zero attached hydrogens (tertiary/aromatic N) is 2. The number of oxazole rings is 1. The average Bonchev–Trinajstić information content (AvgIpc) is 3.99. The Morgan fingerprint density at radius 1 is 0.421 bits per heavy atom. The monoisotopic (exact) mass is 744 g/mol. The molecule has 0 spiro atoms. The Morgan fingerprint density at radius 3 is 1.95 bits per heavy atom. The molecule has 266 valence electrons. The molecule has 0 unspecified atom stereocenters. The van der Waals surface area contributed by atoms with E-state index in [0.29, 0.717) is 5.89 Å². The van der Waals surface area contributed by atoms with Gasteiger partial charge in [0, 0.05) is 47.8 Å². The van der Waals surface area contributed by atoms with E-state index in [-0.39, 0.29) is 0 Å². The molecule has 57 heavy (non-hydrogen) atoms. The fourth-order valence-electron chi connectivity index (χ4n) is 8.74. The maximum Gasteiger partial charge on any atom is 0.227 e. The molecule has 0 radical (unpaired) electrons. The summed E-state index contributed by atoms with van der Waals surface area (Å²) in [5.74, 6) is 0.617. The first-order chi connectivity index (χ1) is 28.2. The molecule has 0 amide bonds. The van der Waals surface area contributed by atoms with Crippen LogP contribution in [-0.2, 0) is 0 Å². The normalized spacial score (nSPS) is 11.9. The van der Waals surface area contributed by atoms with Crippen LogP contribution in [0.5, 0.6) is 0 Å². The number of thiophene rings is 1. The van der Waals surface area contributed by atoms with Crippen LogP contribution < -0.4 is 0 Å². The molecule has 0 N–H and O–H groups in total. The summed E-state index contributed by atoms with van der Waals surface area (Å²) in [6.45, 7) is 0. The van der Waals surface area contributed by atoms with E-state index in [1.165, 1.54) is 58.5 Å². The molecular formula is C53H32N2OS. The van der Waals surface area contributed by atoms with Gasteiger partial charge in [-0.2, -0.15) is 0 Å². The zero-order chi connectivity index (χ0) is 37.5. The van der Waals surface area contributed by atoms with Crippen molar-refractivity contribution in [1.29, 1.82) is 0 Å². The number of hydrogen-bond donors (Lipinski definition) is 0. The van der Waals surface area contributed by atoms with Gasteiger partial charge >= 0.3 is 0 Å². The second kappa shape index (κ2) is 12.6. The van der Waals surface area contributed by atoms with Gasteiger partial charge < -0.3 is 8.98 Å². The van der Waals surface area contributed by atoms with E-state index in [2.05, 4.69) is 199 Å². The number of fused-ring (bicyclic) bond motifs is 10. The van der Waals surface area contributed by atoms with Crippen molar-refractivity contribution in [2.75, 3.05) is 0 Å². The molecule has 0 saturated carbocycles. The second-order valence-corrected chi connectivity index (χ2v) is 15.8. The fraction of sp³-hybridized carbons (Fsp3) is 0. The van der Waals surface area contributed by atoms with Crippen molar-refractivity contribution >= 4 is 75.2 Å². The Hall–Kier alpha value is -7.27. The first kappa shape index (κ1) is 32.0. The molecule has 3 aromatic heterocycles. The van der Waals surface area contributed by atoms with E-state index in [9.17, 15) is 0 Å². The van der Waals surface area contributed by atoms with Gasteiger partial charge in [0.15, 0.2) is 5.58 Å². The fourth-order valence-corrected chi connectivity index (χ4v) is 9.88. The molecule has 9 aromatic carbocycles. The Kier molecular flexibility index (Phi) is 7.10. The minimum Gasteiger partial charge on any atom is -0.435 e. The highest BCUT2D eigenvalue weighted by atomic mass is 32.1. The summed E-state index contributed by atoms with van der Waals surface area (Å²) >= 11 is 1.80. The number of para-hydroxylation sites is 1. The first-order valence-corrected chi connectivity index (χ1v) is 20.1. The van der Waals surface area contributed by atoms with Crippen molar-refractivity contribution in [3.63, 3.8) is 0 Å². The third-order valence-electron chi connectivity index (χ3n) is 11.4. The summed E-state index contributed by atoms with van der Waals surface area (Å²) in [4.78, 5) is 5.27. The van der Waals surface area contributed by atoms with Crippen LogP contribution in [0.3, 0.4) is 0 Å². The molecule has 0 aliphatic heterocycles. The second-order valence-electron chi connectivity index (χ2n) is 14.7. The quantitative estimate of drug-likeness (QED) is 0.176. The van der Waals surface area contributed by atoms with Gasteiger partial charge in [0.2, 0.25) is 5.89 Å². The van der Waals surface area contributed by atoms with Crippen LogP contribution in [0.25, 0.3) is 114 Å². The minimum absolute atomic E-state index is 0.617. The number of rotatable bonds is 5. The number of hydrogen-bond acceptors (Lipinski definition) is 3. The van der Waals surface area contributed by atoms with Crippen LogP contribution >= 0.6 is 11.3 Å². The van der Waals surface area contributed by atoms with Crippen molar-refractivity contribution in [3.8, 4) is 50.5 Å². The van der Waals surface area contributed by atoms with Crippen LogP contribution in [0.1, 0.15) is 0 Å². The van der Waals surface area contributed by atoms with Crippen molar-refractivity contribution in [1.82, 2.24) is 9.55 Å². The topological polar surface area (TPSA) is 31.0 Å². The Balaban J connectivity index is 0.998. The molecule has 4 heteroatoms.